The van der Waals surface area contributed by atoms with Crippen molar-refractivity contribution < 1.29 is 14.6 Å². The van der Waals surface area contributed by atoms with Gasteiger partial charge in [-0.1, -0.05) is 0 Å². The van der Waals surface area contributed by atoms with E-state index in [1.807, 2.05) is 18.5 Å². The van der Waals surface area contributed by atoms with E-state index in [2.05, 4.69) is 25.7 Å². The molecule has 2 atom stereocenters. The molecule has 29 heavy (non-hydrogen) atoms. The Hall–Kier alpha value is -2.81. The molecular formula is C20H30N6O3. The standard InChI is InChI=1S/C20H30N6O3/c1-5-21-20(24-14-6-9-19-23-13(2)25-26(19)12-14)22-11-17(27)16-10-15(28-3)7-8-18(16)29-4/h7-8,10,14,17,27H,5-6,9,11-12H2,1-4H3,(H2,21,22,24). The van der Waals surface area contributed by atoms with Crippen LogP contribution in [0, 0.1) is 6.92 Å². The van der Waals surface area contributed by atoms with Crippen LogP contribution in [0.4, 0.5) is 0 Å². The van der Waals surface area contributed by atoms with Crippen molar-refractivity contribution in [3.05, 3.63) is 35.4 Å². The highest BCUT2D eigenvalue weighted by Gasteiger charge is 2.22. The number of hydrogen-bond donors (Lipinski definition) is 3. The molecule has 9 heteroatoms. The zero-order chi connectivity index (χ0) is 20.8. The summed E-state index contributed by atoms with van der Waals surface area (Å²) in [5.41, 5.74) is 0.645. The van der Waals surface area contributed by atoms with Gasteiger partial charge >= 0.3 is 0 Å². The molecule has 0 radical (unpaired) electrons. The van der Waals surface area contributed by atoms with Gasteiger partial charge < -0.3 is 25.2 Å². The van der Waals surface area contributed by atoms with Gasteiger partial charge in [0.1, 0.15) is 29.3 Å². The molecule has 0 bridgehead atoms. The third kappa shape index (κ3) is 5.17. The first-order valence-corrected chi connectivity index (χ1v) is 9.89. The molecule has 3 N–H and O–H groups in total. The Morgan fingerprint density at radius 3 is 2.93 bits per heavy atom. The Bertz CT molecular complexity index is 851. The average Bonchev–Trinajstić information content (AvgIpc) is 3.10. The predicted octanol–water partition coefficient (Wildman–Crippen LogP) is 1.21. The van der Waals surface area contributed by atoms with Gasteiger partial charge in [0, 0.05) is 24.6 Å². The van der Waals surface area contributed by atoms with E-state index in [0.717, 1.165) is 37.6 Å². The maximum absolute atomic E-state index is 10.7. The maximum atomic E-state index is 10.7. The Balaban J connectivity index is 1.68. The lowest BCUT2D eigenvalue weighted by atomic mass is 10.1. The summed E-state index contributed by atoms with van der Waals surface area (Å²) in [6, 6.07) is 5.55. The molecule has 1 aromatic carbocycles. The number of fused-ring (bicyclic) bond motifs is 1. The Labute approximate surface area is 171 Å². The van der Waals surface area contributed by atoms with Crippen LogP contribution in [0.15, 0.2) is 23.2 Å². The number of ether oxygens (including phenoxy) is 2. The van der Waals surface area contributed by atoms with E-state index < -0.39 is 6.10 Å². The smallest absolute Gasteiger partial charge is 0.191 e. The molecule has 2 aromatic rings. The van der Waals surface area contributed by atoms with Crippen molar-refractivity contribution in [3.63, 3.8) is 0 Å². The molecule has 3 rings (SSSR count). The third-order valence-corrected chi connectivity index (χ3v) is 4.87. The number of aliphatic hydroxyl groups is 1. The number of guanidine groups is 1. The first kappa shape index (κ1) is 20.9. The SMILES string of the molecule is CCNC(=NCC(O)c1cc(OC)ccc1OC)NC1CCc2nc(C)nn2C1. The first-order chi connectivity index (χ1) is 14.0. The van der Waals surface area contributed by atoms with Crippen LogP contribution in [0.5, 0.6) is 11.5 Å². The van der Waals surface area contributed by atoms with Gasteiger partial charge in [-0.3, -0.25) is 4.99 Å². The van der Waals surface area contributed by atoms with Crippen molar-refractivity contribution in [2.24, 2.45) is 4.99 Å². The van der Waals surface area contributed by atoms with Crippen LogP contribution in [0.3, 0.4) is 0 Å². The Morgan fingerprint density at radius 2 is 2.21 bits per heavy atom. The summed E-state index contributed by atoms with van der Waals surface area (Å²) >= 11 is 0. The summed E-state index contributed by atoms with van der Waals surface area (Å²) in [6.07, 6.45) is 1.02. The molecule has 0 saturated heterocycles. The topological polar surface area (TPSA) is 106 Å². The van der Waals surface area contributed by atoms with Crippen LogP contribution in [0.25, 0.3) is 0 Å². The van der Waals surface area contributed by atoms with E-state index >= 15 is 0 Å². The van der Waals surface area contributed by atoms with Gasteiger partial charge in [0.05, 0.1) is 27.3 Å². The summed E-state index contributed by atoms with van der Waals surface area (Å²) in [6.45, 7) is 5.59. The van der Waals surface area contributed by atoms with Crippen LogP contribution >= 0.6 is 0 Å². The molecule has 0 spiro atoms. The van der Waals surface area contributed by atoms with Crippen LogP contribution in [-0.4, -0.2) is 59.2 Å². The second kappa shape index (κ2) is 9.60. The summed E-state index contributed by atoms with van der Waals surface area (Å²) in [7, 11) is 3.17. The molecule has 1 aromatic heterocycles. The van der Waals surface area contributed by atoms with Gasteiger partial charge in [0.2, 0.25) is 0 Å². The van der Waals surface area contributed by atoms with Crippen LogP contribution in [0.2, 0.25) is 0 Å². The summed E-state index contributed by atoms with van der Waals surface area (Å²) in [5, 5.41) is 21.8. The molecule has 0 amide bonds. The fourth-order valence-corrected chi connectivity index (χ4v) is 3.44. The number of nitrogens with one attached hydrogen (secondary N) is 2. The number of rotatable bonds is 7. The van der Waals surface area contributed by atoms with Crippen molar-refractivity contribution in [3.8, 4) is 11.5 Å². The number of aliphatic hydroxyl groups excluding tert-OH is 1. The van der Waals surface area contributed by atoms with Gasteiger partial charge in [-0.2, -0.15) is 5.10 Å². The number of aryl methyl sites for hydroxylation is 2. The predicted molar refractivity (Wildman–Crippen MR) is 110 cm³/mol. The number of methoxy groups -OCH3 is 2. The average molecular weight is 402 g/mol. The minimum Gasteiger partial charge on any atom is -0.497 e. The first-order valence-electron chi connectivity index (χ1n) is 9.89. The van der Waals surface area contributed by atoms with Crippen molar-refractivity contribution in [2.75, 3.05) is 27.3 Å². The largest absolute Gasteiger partial charge is 0.497 e. The summed E-state index contributed by atoms with van der Waals surface area (Å²) < 4.78 is 12.6. The molecule has 1 aliphatic heterocycles. The van der Waals surface area contributed by atoms with Crippen molar-refractivity contribution in [2.45, 2.75) is 45.4 Å². The zero-order valence-electron chi connectivity index (χ0n) is 17.5. The zero-order valence-corrected chi connectivity index (χ0v) is 17.5. The summed E-state index contributed by atoms with van der Waals surface area (Å²) in [5.74, 6) is 3.76. The number of benzene rings is 1. The van der Waals surface area contributed by atoms with Crippen molar-refractivity contribution in [1.29, 1.82) is 0 Å². The van der Waals surface area contributed by atoms with E-state index in [9.17, 15) is 5.11 Å². The second-order valence-electron chi connectivity index (χ2n) is 6.98. The normalized spacial score (nSPS) is 17.4. The van der Waals surface area contributed by atoms with Crippen LogP contribution in [0.1, 0.15) is 36.7 Å². The van der Waals surface area contributed by atoms with E-state index in [0.29, 0.717) is 23.0 Å². The van der Waals surface area contributed by atoms with Crippen LogP contribution < -0.4 is 20.1 Å². The highest BCUT2D eigenvalue weighted by molar-refractivity contribution is 5.80. The molecular weight excluding hydrogens is 372 g/mol. The highest BCUT2D eigenvalue weighted by Crippen LogP contribution is 2.29. The summed E-state index contributed by atoms with van der Waals surface area (Å²) in [4.78, 5) is 9.03. The highest BCUT2D eigenvalue weighted by atomic mass is 16.5. The number of aliphatic imine (C=N–C) groups is 1. The molecule has 158 valence electrons. The van der Waals surface area contributed by atoms with E-state index in [-0.39, 0.29) is 12.6 Å². The van der Waals surface area contributed by atoms with Gasteiger partial charge in [-0.15, -0.1) is 0 Å². The van der Waals surface area contributed by atoms with Gasteiger partial charge in [-0.05, 0) is 38.5 Å². The fourth-order valence-electron chi connectivity index (χ4n) is 3.44. The number of hydrogen-bond acceptors (Lipinski definition) is 6. The minimum atomic E-state index is -0.813. The molecule has 9 nitrogen and oxygen atoms in total. The maximum Gasteiger partial charge on any atom is 0.191 e. The lowest BCUT2D eigenvalue weighted by Gasteiger charge is -2.25. The molecule has 0 aliphatic carbocycles. The molecule has 2 heterocycles. The van der Waals surface area contributed by atoms with Gasteiger partial charge in [0.25, 0.3) is 0 Å². The molecule has 0 saturated carbocycles. The van der Waals surface area contributed by atoms with Crippen LogP contribution in [-0.2, 0) is 13.0 Å². The number of nitrogens with zero attached hydrogens (tertiary/aromatic N) is 4. The second-order valence-corrected chi connectivity index (χ2v) is 6.98. The van der Waals surface area contributed by atoms with Crippen molar-refractivity contribution >= 4 is 5.96 Å². The monoisotopic (exact) mass is 402 g/mol. The molecule has 2 unspecified atom stereocenters. The lowest BCUT2D eigenvalue weighted by molar-refractivity contribution is 0.182. The third-order valence-electron chi connectivity index (χ3n) is 4.87. The number of aromatic nitrogens is 3. The van der Waals surface area contributed by atoms with E-state index in [1.165, 1.54) is 0 Å². The van der Waals surface area contributed by atoms with E-state index in [1.54, 1.807) is 32.4 Å². The quantitative estimate of drug-likeness (QED) is 0.472. The Kier molecular flexibility index (Phi) is 6.92. The van der Waals surface area contributed by atoms with Gasteiger partial charge in [0.15, 0.2) is 5.96 Å². The fraction of sp³-hybridized carbons (Fsp3) is 0.550. The van der Waals surface area contributed by atoms with E-state index in [4.69, 9.17) is 9.47 Å². The lowest BCUT2D eigenvalue weighted by Crippen LogP contribution is -2.47. The Morgan fingerprint density at radius 1 is 1.38 bits per heavy atom. The molecule has 1 aliphatic rings. The van der Waals surface area contributed by atoms with Gasteiger partial charge in [-0.25, -0.2) is 9.67 Å². The molecule has 0 fully saturated rings. The minimum absolute atomic E-state index is 0.194. The van der Waals surface area contributed by atoms with Crippen molar-refractivity contribution in [1.82, 2.24) is 25.4 Å².